The van der Waals surface area contributed by atoms with Crippen molar-refractivity contribution >= 4 is 40.6 Å². The molecule has 2 atom stereocenters. The van der Waals surface area contributed by atoms with Crippen LogP contribution in [-0.2, 0) is 41.9 Å². The number of ether oxygens (including phenoxy) is 2. The SMILES string of the molecule is COc1nc2c(c(N3CCCn4nc(C(=O)N(C)OC)c(Cl)c4C3)n1)COC(c1c(F)c(N)cc(Cl)c1C(F)(F)F)C2.F/C=C1/CC2CCCN2C1. The van der Waals surface area contributed by atoms with Gasteiger partial charge >= 0.3 is 12.2 Å². The fourth-order valence-corrected chi connectivity index (χ4v) is 7.70. The molecule has 3 aromatic rings. The number of halogens is 7. The molecule has 2 aromatic heterocycles. The number of amides is 1. The summed E-state index contributed by atoms with van der Waals surface area (Å²) in [5, 5.41) is 4.80. The number of hydroxylamine groups is 2. The summed E-state index contributed by atoms with van der Waals surface area (Å²) in [6, 6.07) is 1.36. The number of hydrogen-bond acceptors (Lipinski definition) is 10. The Morgan fingerprint density at radius 3 is 2.58 bits per heavy atom. The molecule has 1 aromatic carbocycles. The molecule has 2 saturated heterocycles. The Hall–Kier alpha value is -3.77. The number of methoxy groups -OCH3 is 1. The number of nitrogens with zero attached hydrogens (tertiary/aromatic N) is 7. The van der Waals surface area contributed by atoms with Crippen LogP contribution in [0.1, 0.15) is 70.4 Å². The predicted octanol–water partition coefficient (Wildman–Crippen LogP) is 6.29. The molecule has 1 amide bonds. The second kappa shape index (κ2) is 15.3. The van der Waals surface area contributed by atoms with Crippen molar-refractivity contribution < 1.29 is 41.1 Å². The van der Waals surface area contributed by atoms with Gasteiger partial charge in [-0.3, -0.25) is 19.2 Å². The summed E-state index contributed by atoms with van der Waals surface area (Å²) in [5.41, 5.74) is 5.30. The van der Waals surface area contributed by atoms with Gasteiger partial charge in [-0.2, -0.15) is 28.2 Å². The average molecular weight is 776 g/mol. The smallest absolute Gasteiger partial charge is 0.418 e. The number of alkyl halides is 3. The monoisotopic (exact) mass is 774 g/mol. The van der Waals surface area contributed by atoms with E-state index < -0.39 is 45.8 Å². The van der Waals surface area contributed by atoms with E-state index in [0.29, 0.717) is 48.3 Å². The largest absolute Gasteiger partial charge is 0.467 e. The van der Waals surface area contributed by atoms with Crippen LogP contribution in [0.15, 0.2) is 18.0 Å². The molecule has 12 nitrogen and oxygen atoms in total. The minimum Gasteiger partial charge on any atom is -0.467 e. The van der Waals surface area contributed by atoms with Crippen molar-refractivity contribution in [2.24, 2.45) is 0 Å². The molecule has 2 N–H and O–H groups in total. The molecule has 7 rings (SSSR count). The molecule has 0 bridgehead atoms. The number of nitrogen functional groups attached to an aromatic ring is 1. The maximum Gasteiger partial charge on any atom is 0.418 e. The van der Waals surface area contributed by atoms with Crippen LogP contribution in [0.4, 0.5) is 33.5 Å². The van der Waals surface area contributed by atoms with Gasteiger partial charge in [-0.25, -0.2) is 13.8 Å². The maximum atomic E-state index is 15.1. The zero-order valence-corrected chi connectivity index (χ0v) is 30.1. The Morgan fingerprint density at radius 1 is 1.13 bits per heavy atom. The van der Waals surface area contributed by atoms with Gasteiger partial charge in [0.15, 0.2) is 11.5 Å². The van der Waals surface area contributed by atoms with E-state index in [-0.39, 0.29) is 36.3 Å². The molecule has 2 fully saturated rings. The van der Waals surface area contributed by atoms with Crippen LogP contribution in [0, 0.1) is 5.82 Å². The van der Waals surface area contributed by atoms with Crippen molar-refractivity contribution in [2.45, 2.75) is 70.1 Å². The summed E-state index contributed by atoms with van der Waals surface area (Å²) in [4.78, 5) is 30.8. The van der Waals surface area contributed by atoms with E-state index in [1.165, 1.54) is 40.7 Å². The number of aromatic nitrogens is 4. The van der Waals surface area contributed by atoms with E-state index in [1.54, 1.807) is 4.68 Å². The van der Waals surface area contributed by atoms with Gasteiger partial charge in [-0.15, -0.1) is 0 Å². The van der Waals surface area contributed by atoms with E-state index in [4.69, 9.17) is 43.2 Å². The molecule has 2 unspecified atom stereocenters. The number of carbonyl (C=O) groups is 1. The third-order valence-electron chi connectivity index (χ3n) is 9.68. The van der Waals surface area contributed by atoms with Crippen molar-refractivity contribution in [3.8, 4) is 6.01 Å². The molecule has 0 saturated carbocycles. The molecule has 4 aliphatic rings. The minimum absolute atomic E-state index is 0.0228. The summed E-state index contributed by atoms with van der Waals surface area (Å²) in [5.74, 6) is -1.39. The quantitative estimate of drug-likeness (QED) is 0.180. The van der Waals surface area contributed by atoms with Crippen LogP contribution in [-0.4, -0.2) is 82.6 Å². The Morgan fingerprint density at radius 2 is 1.90 bits per heavy atom. The van der Waals surface area contributed by atoms with Crippen molar-refractivity contribution in [3.63, 3.8) is 0 Å². The van der Waals surface area contributed by atoms with E-state index >= 15 is 4.39 Å². The summed E-state index contributed by atoms with van der Waals surface area (Å²) in [6.07, 6.45) is -1.66. The highest BCUT2D eigenvalue weighted by atomic mass is 35.5. The zero-order chi connectivity index (χ0) is 37.5. The van der Waals surface area contributed by atoms with Crippen molar-refractivity contribution in [3.05, 3.63) is 67.6 Å². The van der Waals surface area contributed by atoms with E-state index in [9.17, 15) is 22.4 Å². The lowest BCUT2D eigenvalue weighted by Crippen LogP contribution is -2.29. The first-order chi connectivity index (χ1) is 24.7. The van der Waals surface area contributed by atoms with Gasteiger partial charge in [0.25, 0.3) is 5.91 Å². The lowest BCUT2D eigenvalue weighted by atomic mass is 9.93. The number of rotatable bonds is 5. The lowest BCUT2D eigenvalue weighted by molar-refractivity contribution is -0.140. The molecule has 6 heterocycles. The van der Waals surface area contributed by atoms with E-state index in [2.05, 4.69) is 20.0 Å². The number of aryl methyl sites for hydroxylation is 1. The fourth-order valence-electron chi connectivity index (χ4n) is 7.10. The Bertz CT molecular complexity index is 1860. The highest BCUT2D eigenvalue weighted by Gasteiger charge is 2.42. The van der Waals surface area contributed by atoms with Gasteiger partial charge in [0.05, 0.1) is 72.5 Å². The van der Waals surface area contributed by atoms with Crippen LogP contribution in [0.3, 0.4) is 0 Å². The first-order valence-corrected chi connectivity index (χ1v) is 17.3. The Labute approximate surface area is 306 Å². The Kier molecular flexibility index (Phi) is 11.2. The first-order valence-electron chi connectivity index (χ1n) is 16.5. The topological polar surface area (TPSA) is 124 Å². The van der Waals surface area contributed by atoms with Gasteiger partial charge in [0.1, 0.15) is 5.82 Å². The van der Waals surface area contributed by atoms with Crippen molar-refractivity contribution in [1.82, 2.24) is 29.7 Å². The number of carbonyl (C=O) groups excluding carboxylic acids is 1. The van der Waals surface area contributed by atoms with Gasteiger partial charge in [0, 0.05) is 50.3 Å². The molecule has 282 valence electrons. The van der Waals surface area contributed by atoms with Crippen LogP contribution in [0.5, 0.6) is 6.01 Å². The number of fused-ring (bicyclic) bond motifs is 3. The molecule has 0 spiro atoms. The fraction of sp³-hybridized carbons (Fsp3) is 0.515. The minimum atomic E-state index is -4.97. The zero-order valence-electron chi connectivity index (χ0n) is 28.6. The maximum absolute atomic E-state index is 15.1. The van der Waals surface area contributed by atoms with Gasteiger partial charge in [-0.1, -0.05) is 23.2 Å². The van der Waals surface area contributed by atoms with E-state index in [0.717, 1.165) is 36.0 Å². The van der Waals surface area contributed by atoms with E-state index in [1.807, 2.05) is 4.90 Å². The molecular formula is C33H37Cl2F5N8O4. The highest BCUT2D eigenvalue weighted by Crippen LogP contribution is 2.46. The first kappa shape index (κ1) is 38.0. The third-order valence-corrected chi connectivity index (χ3v) is 10.4. The van der Waals surface area contributed by atoms with Gasteiger partial charge < -0.3 is 20.1 Å². The summed E-state index contributed by atoms with van der Waals surface area (Å²) < 4.78 is 81.8. The molecule has 0 aliphatic carbocycles. The standard InChI is InChI=1S/C25H25Cl2F4N7O4.C8H12FN/c1-36(41-3)23(39)21-19(27)15-9-37(5-4-6-38(15)35-21)22-11-10-42-16(8-14(11)33-24(34-22)40-2)17-18(25(29,30)31)12(26)7-13(32)20(17)28;9-5-7-4-8-2-1-3-10(8)6-7/h7,16H,4-6,8-10,32H2,1-3H3;5,8H,1-4,6H2/b;7-5-. The number of nitrogens with two attached hydrogens (primary N) is 1. The highest BCUT2D eigenvalue weighted by molar-refractivity contribution is 6.34. The third kappa shape index (κ3) is 7.38. The predicted molar refractivity (Wildman–Crippen MR) is 181 cm³/mol. The number of benzene rings is 1. The second-order valence-electron chi connectivity index (χ2n) is 12.8. The van der Waals surface area contributed by atoms with Crippen LogP contribution in [0.2, 0.25) is 10.0 Å². The van der Waals surface area contributed by atoms with Crippen LogP contribution >= 0.6 is 23.2 Å². The molecule has 52 heavy (non-hydrogen) atoms. The van der Waals surface area contributed by atoms with Gasteiger partial charge in [-0.05, 0) is 43.9 Å². The van der Waals surface area contributed by atoms with Crippen molar-refractivity contribution in [1.29, 1.82) is 0 Å². The normalized spacial score (nSPS) is 20.9. The average Bonchev–Trinajstić information content (AvgIpc) is 3.76. The van der Waals surface area contributed by atoms with Crippen LogP contribution in [0.25, 0.3) is 0 Å². The molecule has 0 radical (unpaired) electrons. The summed E-state index contributed by atoms with van der Waals surface area (Å²) in [7, 11) is 4.12. The molecule has 4 aliphatic heterocycles. The van der Waals surface area contributed by atoms with Crippen LogP contribution < -0.4 is 15.4 Å². The Balaban J connectivity index is 0.000000396. The number of hydrogen-bond donors (Lipinski definition) is 1. The molecular weight excluding hydrogens is 738 g/mol. The van der Waals surface area contributed by atoms with Gasteiger partial charge in [0.2, 0.25) is 0 Å². The summed E-state index contributed by atoms with van der Waals surface area (Å²) >= 11 is 12.5. The molecule has 19 heteroatoms. The second-order valence-corrected chi connectivity index (χ2v) is 13.6. The lowest BCUT2D eigenvalue weighted by Gasteiger charge is -2.31. The summed E-state index contributed by atoms with van der Waals surface area (Å²) in [6.45, 7) is 2.95. The van der Waals surface area contributed by atoms with Crippen molar-refractivity contribution in [2.75, 3.05) is 51.5 Å². The number of anilines is 2.